The van der Waals surface area contributed by atoms with Crippen molar-refractivity contribution >= 4 is 16.8 Å². The fourth-order valence-corrected chi connectivity index (χ4v) is 3.86. The summed E-state index contributed by atoms with van der Waals surface area (Å²) < 4.78 is 0. The van der Waals surface area contributed by atoms with E-state index >= 15 is 0 Å². The van der Waals surface area contributed by atoms with Gasteiger partial charge in [-0.05, 0) is 41.8 Å². The Morgan fingerprint density at radius 2 is 1.81 bits per heavy atom. The van der Waals surface area contributed by atoms with Crippen molar-refractivity contribution in [2.45, 2.75) is 12.3 Å². The zero-order valence-electron chi connectivity index (χ0n) is 16.6. The second-order valence-corrected chi connectivity index (χ2v) is 7.43. The van der Waals surface area contributed by atoms with Gasteiger partial charge < -0.3 is 5.73 Å². The van der Waals surface area contributed by atoms with Gasteiger partial charge >= 0.3 is 0 Å². The average Bonchev–Trinajstić information content (AvgIpc) is 3.48. The van der Waals surface area contributed by atoms with Gasteiger partial charge in [0.05, 0.1) is 17.1 Å². The lowest BCUT2D eigenvalue weighted by Gasteiger charge is -2.15. The number of nitrogens with two attached hydrogens (primary N) is 1. The first-order valence-electron chi connectivity index (χ1n) is 9.97. The number of aromatic amines is 2. The molecule has 0 aliphatic heterocycles. The molecule has 1 amide bonds. The molecule has 1 atom stereocenters. The topological polar surface area (TPSA) is 113 Å². The van der Waals surface area contributed by atoms with E-state index in [0.717, 1.165) is 38.9 Å². The number of amides is 1. The van der Waals surface area contributed by atoms with Gasteiger partial charge in [-0.3, -0.25) is 15.0 Å². The molecule has 2 heterocycles. The minimum Gasteiger partial charge on any atom is -0.369 e. The van der Waals surface area contributed by atoms with Crippen LogP contribution in [0, 0.1) is 0 Å². The van der Waals surface area contributed by atoms with Crippen molar-refractivity contribution in [3.63, 3.8) is 0 Å². The van der Waals surface area contributed by atoms with Crippen LogP contribution in [0.1, 0.15) is 17.0 Å². The largest absolute Gasteiger partial charge is 0.369 e. The van der Waals surface area contributed by atoms with Gasteiger partial charge in [-0.1, -0.05) is 48.5 Å². The first-order valence-corrected chi connectivity index (χ1v) is 9.97. The summed E-state index contributed by atoms with van der Waals surface area (Å²) >= 11 is 0. The van der Waals surface area contributed by atoms with Crippen molar-refractivity contribution in [3.8, 4) is 22.6 Å². The maximum Gasteiger partial charge on any atom is 0.225 e. The highest BCUT2D eigenvalue weighted by Gasteiger charge is 2.20. The summed E-state index contributed by atoms with van der Waals surface area (Å²) in [6, 6.07) is 23.7. The summed E-state index contributed by atoms with van der Waals surface area (Å²) in [7, 11) is 0. The Balaban J connectivity index is 1.54. The number of H-pyrrole nitrogens is 2. The molecule has 2 aromatic heterocycles. The second kappa shape index (κ2) is 7.87. The van der Waals surface area contributed by atoms with Crippen LogP contribution < -0.4 is 5.73 Å². The molecule has 0 fully saturated rings. The lowest BCUT2D eigenvalue weighted by atomic mass is 9.90. The van der Waals surface area contributed by atoms with Gasteiger partial charge in [-0.2, -0.15) is 10.2 Å². The van der Waals surface area contributed by atoms with Gasteiger partial charge in [0.2, 0.25) is 5.91 Å². The highest BCUT2D eigenvalue weighted by molar-refractivity contribution is 5.95. The Hall–Kier alpha value is -4.26. The Labute approximate surface area is 178 Å². The molecule has 7 heteroatoms. The van der Waals surface area contributed by atoms with Crippen LogP contribution in [0.4, 0.5) is 0 Å². The molecule has 0 aliphatic carbocycles. The van der Waals surface area contributed by atoms with Gasteiger partial charge in [0, 0.05) is 16.5 Å². The third-order valence-electron chi connectivity index (χ3n) is 5.42. The van der Waals surface area contributed by atoms with Gasteiger partial charge in [0.25, 0.3) is 0 Å². The molecule has 1 unspecified atom stereocenters. The predicted molar refractivity (Wildman–Crippen MR) is 119 cm³/mol. The van der Waals surface area contributed by atoms with E-state index in [2.05, 4.69) is 25.4 Å². The lowest BCUT2D eigenvalue weighted by Crippen LogP contribution is -2.23. The first kappa shape index (κ1) is 18.7. The second-order valence-electron chi connectivity index (χ2n) is 7.43. The Morgan fingerprint density at radius 1 is 0.935 bits per heavy atom. The molecule has 0 saturated heterocycles. The summed E-state index contributed by atoms with van der Waals surface area (Å²) in [5.41, 5.74) is 11.2. The number of primary amides is 1. The van der Waals surface area contributed by atoms with Crippen LogP contribution in [0.15, 0.2) is 79.1 Å². The van der Waals surface area contributed by atoms with Crippen LogP contribution in [0.25, 0.3) is 33.5 Å². The SMILES string of the molecule is NC(=O)C(Cc1ccccc1)c1cccc(-c2n[nH]c3ccc(-c4nc[nH]n4)cc23)c1. The van der Waals surface area contributed by atoms with Gasteiger partial charge in [-0.25, -0.2) is 4.98 Å². The zero-order valence-corrected chi connectivity index (χ0v) is 16.6. The van der Waals surface area contributed by atoms with E-state index in [-0.39, 0.29) is 5.91 Å². The quantitative estimate of drug-likeness (QED) is 0.396. The fourth-order valence-electron chi connectivity index (χ4n) is 3.86. The molecule has 5 rings (SSSR count). The van der Waals surface area contributed by atoms with Crippen LogP contribution in [0.3, 0.4) is 0 Å². The lowest BCUT2D eigenvalue weighted by molar-refractivity contribution is -0.119. The third-order valence-corrected chi connectivity index (χ3v) is 5.42. The number of benzene rings is 3. The molecule has 0 radical (unpaired) electrons. The number of hydrogen-bond acceptors (Lipinski definition) is 4. The van der Waals surface area contributed by atoms with Crippen molar-refractivity contribution in [2.24, 2.45) is 5.73 Å². The van der Waals surface area contributed by atoms with Crippen molar-refractivity contribution in [2.75, 3.05) is 0 Å². The van der Waals surface area contributed by atoms with Crippen LogP contribution in [-0.4, -0.2) is 31.3 Å². The minimum absolute atomic E-state index is 0.347. The van der Waals surface area contributed by atoms with Crippen molar-refractivity contribution in [1.82, 2.24) is 25.4 Å². The maximum atomic E-state index is 12.3. The number of aromatic nitrogens is 5. The van der Waals surface area contributed by atoms with E-state index in [9.17, 15) is 4.79 Å². The molecular formula is C24H20N6O. The molecule has 31 heavy (non-hydrogen) atoms. The van der Waals surface area contributed by atoms with Crippen LogP contribution in [0.5, 0.6) is 0 Å². The minimum atomic E-state index is -0.420. The highest BCUT2D eigenvalue weighted by Crippen LogP contribution is 2.31. The number of nitrogens with one attached hydrogen (secondary N) is 2. The van der Waals surface area contributed by atoms with Gasteiger partial charge in [-0.15, -0.1) is 0 Å². The van der Waals surface area contributed by atoms with Crippen LogP contribution in [0.2, 0.25) is 0 Å². The number of carbonyl (C=O) groups excluding carboxylic acids is 1. The van der Waals surface area contributed by atoms with E-state index in [0.29, 0.717) is 12.2 Å². The average molecular weight is 408 g/mol. The summed E-state index contributed by atoms with van der Waals surface area (Å²) in [4.78, 5) is 16.5. The molecule has 7 nitrogen and oxygen atoms in total. The van der Waals surface area contributed by atoms with Crippen LogP contribution >= 0.6 is 0 Å². The first-order chi connectivity index (χ1) is 15.2. The summed E-state index contributed by atoms with van der Waals surface area (Å²) in [5, 5.41) is 15.5. The molecule has 0 bridgehead atoms. The highest BCUT2D eigenvalue weighted by atomic mass is 16.1. The molecule has 152 valence electrons. The smallest absolute Gasteiger partial charge is 0.225 e. The van der Waals surface area contributed by atoms with E-state index in [1.807, 2.05) is 72.8 Å². The third kappa shape index (κ3) is 3.69. The number of fused-ring (bicyclic) bond motifs is 1. The molecule has 5 aromatic rings. The van der Waals surface area contributed by atoms with E-state index in [1.165, 1.54) is 0 Å². The molecule has 4 N–H and O–H groups in total. The Bertz CT molecular complexity index is 1340. The molecule has 0 spiro atoms. The Morgan fingerprint density at radius 3 is 2.58 bits per heavy atom. The number of rotatable bonds is 6. The summed E-state index contributed by atoms with van der Waals surface area (Å²) in [6.07, 6.45) is 2.10. The Kier molecular flexibility index (Phi) is 4.76. The molecule has 0 saturated carbocycles. The molecule has 3 aromatic carbocycles. The van der Waals surface area contributed by atoms with Gasteiger partial charge in [0.15, 0.2) is 5.82 Å². The standard InChI is InChI=1S/C24H20N6O/c25-23(31)19(11-15-5-2-1-3-6-15)16-7-4-8-17(12-16)22-20-13-18(24-26-14-27-30-24)9-10-21(20)28-29-22/h1-10,12-14,19H,11H2,(H2,25,31)(H,28,29)(H,26,27,30). The fraction of sp³-hybridized carbons (Fsp3) is 0.0833. The zero-order chi connectivity index (χ0) is 21.2. The molecule has 0 aliphatic rings. The summed E-state index contributed by atoms with van der Waals surface area (Å²) in [5.74, 6) is -0.143. The van der Waals surface area contributed by atoms with E-state index < -0.39 is 5.92 Å². The summed E-state index contributed by atoms with van der Waals surface area (Å²) in [6.45, 7) is 0. The number of hydrogen-bond donors (Lipinski definition) is 3. The van der Waals surface area contributed by atoms with E-state index in [1.54, 1.807) is 6.33 Å². The number of nitrogens with zero attached hydrogens (tertiary/aromatic N) is 3. The number of carbonyl (C=O) groups is 1. The maximum absolute atomic E-state index is 12.3. The van der Waals surface area contributed by atoms with Gasteiger partial charge in [0.1, 0.15) is 6.33 Å². The van der Waals surface area contributed by atoms with Crippen LogP contribution in [-0.2, 0) is 11.2 Å². The van der Waals surface area contributed by atoms with E-state index in [4.69, 9.17) is 5.73 Å². The normalized spacial score (nSPS) is 12.1. The monoisotopic (exact) mass is 408 g/mol. The van der Waals surface area contributed by atoms with Crippen molar-refractivity contribution in [1.29, 1.82) is 0 Å². The van der Waals surface area contributed by atoms with Crippen molar-refractivity contribution < 1.29 is 4.79 Å². The predicted octanol–water partition coefficient (Wildman–Crippen LogP) is 3.83. The van der Waals surface area contributed by atoms with Crippen molar-refractivity contribution in [3.05, 3.63) is 90.3 Å². The molecular weight excluding hydrogens is 388 g/mol.